The van der Waals surface area contributed by atoms with Crippen LogP contribution in [0.4, 0.5) is 5.69 Å². The fourth-order valence-electron chi connectivity index (χ4n) is 3.06. The quantitative estimate of drug-likeness (QED) is 0.524. The molecule has 3 aromatic rings. The van der Waals surface area contributed by atoms with Crippen LogP contribution in [-0.2, 0) is 19.6 Å². The molecule has 1 amide bonds. The number of esters is 1. The summed E-state index contributed by atoms with van der Waals surface area (Å²) in [6.45, 7) is 4.90. The number of hydrogen-bond donors (Lipinski definition) is 1. The van der Waals surface area contributed by atoms with Crippen molar-refractivity contribution in [2.75, 3.05) is 26.0 Å². The van der Waals surface area contributed by atoms with E-state index >= 15 is 0 Å². The number of amides is 1. The maximum atomic E-state index is 12.4. The average Bonchev–Trinajstić information content (AvgIpc) is 3.11. The van der Waals surface area contributed by atoms with Crippen molar-refractivity contribution in [1.29, 1.82) is 0 Å². The molecule has 174 valence electrons. The van der Waals surface area contributed by atoms with Gasteiger partial charge < -0.3 is 10.1 Å². The van der Waals surface area contributed by atoms with Crippen molar-refractivity contribution in [2.45, 2.75) is 25.7 Å². The van der Waals surface area contributed by atoms with Crippen molar-refractivity contribution in [1.82, 2.24) is 19.1 Å². The van der Waals surface area contributed by atoms with Gasteiger partial charge in [0.15, 0.2) is 12.4 Å². The highest BCUT2D eigenvalue weighted by Gasteiger charge is 2.20. The first-order chi connectivity index (χ1) is 15.5. The first kappa shape index (κ1) is 24.1. The second kappa shape index (κ2) is 9.51. The molecular formula is C22H25N5O5S. The van der Waals surface area contributed by atoms with E-state index in [1.54, 1.807) is 29.8 Å². The van der Waals surface area contributed by atoms with Crippen LogP contribution in [0, 0.1) is 20.8 Å². The fourth-order valence-corrected chi connectivity index (χ4v) is 4.20. The van der Waals surface area contributed by atoms with Gasteiger partial charge in [0.1, 0.15) is 0 Å². The van der Waals surface area contributed by atoms with Crippen LogP contribution in [0.1, 0.15) is 27.3 Å². The first-order valence-electron chi connectivity index (χ1n) is 9.99. The number of sulfonamides is 1. The van der Waals surface area contributed by atoms with Crippen LogP contribution < -0.4 is 5.32 Å². The fraction of sp³-hybridized carbons (Fsp3) is 0.273. The summed E-state index contributed by atoms with van der Waals surface area (Å²) >= 11 is 0. The summed E-state index contributed by atoms with van der Waals surface area (Å²) in [5.41, 5.74) is 2.76. The van der Waals surface area contributed by atoms with E-state index in [4.69, 9.17) is 4.74 Å². The molecule has 0 aliphatic carbocycles. The first-order valence-corrected chi connectivity index (χ1v) is 11.4. The highest BCUT2D eigenvalue weighted by molar-refractivity contribution is 7.89. The van der Waals surface area contributed by atoms with Gasteiger partial charge in [-0.1, -0.05) is 6.07 Å². The van der Waals surface area contributed by atoms with E-state index < -0.39 is 28.5 Å². The van der Waals surface area contributed by atoms with E-state index in [0.717, 1.165) is 15.7 Å². The Kier molecular flexibility index (Phi) is 6.94. The third-order valence-corrected chi connectivity index (χ3v) is 6.73. The lowest BCUT2D eigenvalue weighted by Crippen LogP contribution is -2.24. The zero-order valence-corrected chi connectivity index (χ0v) is 19.8. The van der Waals surface area contributed by atoms with E-state index in [0.29, 0.717) is 11.4 Å². The van der Waals surface area contributed by atoms with E-state index in [9.17, 15) is 18.0 Å². The van der Waals surface area contributed by atoms with Gasteiger partial charge in [0.25, 0.3) is 5.91 Å². The van der Waals surface area contributed by atoms with Crippen LogP contribution in [0.2, 0.25) is 0 Å². The molecule has 0 unspecified atom stereocenters. The Hall–Kier alpha value is -3.57. The number of ether oxygens (including phenoxy) is 1. The van der Waals surface area contributed by atoms with Crippen LogP contribution >= 0.6 is 0 Å². The van der Waals surface area contributed by atoms with Crippen molar-refractivity contribution >= 4 is 27.6 Å². The van der Waals surface area contributed by atoms with Crippen molar-refractivity contribution < 1.29 is 22.7 Å². The van der Waals surface area contributed by atoms with Crippen LogP contribution in [0.5, 0.6) is 0 Å². The number of hydrogen-bond acceptors (Lipinski definition) is 7. The number of aryl methyl sites for hydroxylation is 3. The van der Waals surface area contributed by atoms with Crippen molar-refractivity contribution in [3.63, 3.8) is 0 Å². The normalized spacial score (nSPS) is 11.5. The third kappa shape index (κ3) is 5.44. The predicted molar refractivity (Wildman–Crippen MR) is 122 cm³/mol. The number of carbonyl (C=O) groups excluding carboxylic acids is 2. The molecule has 33 heavy (non-hydrogen) atoms. The second-order valence-corrected chi connectivity index (χ2v) is 9.76. The summed E-state index contributed by atoms with van der Waals surface area (Å²) in [6.07, 6.45) is 1.35. The summed E-state index contributed by atoms with van der Waals surface area (Å²) < 4.78 is 32.7. The van der Waals surface area contributed by atoms with Gasteiger partial charge in [-0.2, -0.15) is 5.10 Å². The molecule has 0 atom stereocenters. The maximum absolute atomic E-state index is 12.4. The predicted octanol–water partition coefficient (Wildman–Crippen LogP) is 2.24. The standard InChI is InChI=1S/C22H25N5O5S/c1-14-6-8-18(11-19(14)33(30,31)26(4)5)24-21(28)13-32-22(29)17-7-9-20(23-12-17)27-16(3)10-15(2)25-27/h6-12H,13H2,1-5H3,(H,24,28). The Morgan fingerprint density at radius 1 is 1.09 bits per heavy atom. The highest BCUT2D eigenvalue weighted by Crippen LogP contribution is 2.22. The minimum Gasteiger partial charge on any atom is -0.452 e. The number of rotatable bonds is 7. The molecule has 0 radical (unpaired) electrons. The van der Waals surface area contributed by atoms with Gasteiger partial charge in [0.2, 0.25) is 10.0 Å². The molecule has 10 nitrogen and oxygen atoms in total. The highest BCUT2D eigenvalue weighted by atomic mass is 32.2. The van der Waals surface area contributed by atoms with Crippen LogP contribution in [0.3, 0.4) is 0 Å². The van der Waals surface area contributed by atoms with Gasteiger partial charge in [-0.05, 0) is 56.7 Å². The zero-order chi connectivity index (χ0) is 24.3. The number of pyridine rings is 1. The molecule has 0 aliphatic rings. The molecular weight excluding hydrogens is 446 g/mol. The topological polar surface area (TPSA) is 123 Å². The molecule has 0 aliphatic heterocycles. The van der Waals surface area contributed by atoms with E-state index in [1.807, 2.05) is 19.9 Å². The largest absolute Gasteiger partial charge is 0.452 e. The van der Waals surface area contributed by atoms with Crippen molar-refractivity contribution in [2.24, 2.45) is 0 Å². The molecule has 0 saturated carbocycles. The monoisotopic (exact) mass is 471 g/mol. The number of aromatic nitrogens is 3. The van der Waals surface area contributed by atoms with E-state index in [2.05, 4.69) is 15.4 Å². The SMILES string of the molecule is Cc1cc(C)n(-c2ccc(C(=O)OCC(=O)Nc3ccc(C)c(S(=O)(=O)N(C)C)c3)cn2)n1. The molecule has 3 rings (SSSR count). The van der Waals surface area contributed by atoms with Gasteiger partial charge in [-0.15, -0.1) is 0 Å². The Balaban J connectivity index is 1.62. The molecule has 0 saturated heterocycles. The van der Waals surface area contributed by atoms with Crippen LogP contribution in [0.15, 0.2) is 47.5 Å². The van der Waals surface area contributed by atoms with Crippen LogP contribution in [0.25, 0.3) is 5.82 Å². The van der Waals surface area contributed by atoms with E-state index in [1.165, 1.54) is 32.4 Å². The minimum absolute atomic E-state index is 0.0797. The Morgan fingerprint density at radius 3 is 2.39 bits per heavy atom. The van der Waals surface area contributed by atoms with Gasteiger partial charge in [0.05, 0.1) is 16.2 Å². The lowest BCUT2D eigenvalue weighted by molar-refractivity contribution is -0.119. The molecule has 1 N–H and O–H groups in total. The van der Waals surface area contributed by atoms with Crippen molar-refractivity contribution in [3.8, 4) is 5.82 Å². The smallest absolute Gasteiger partial charge is 0.340 e. The lowest BCUT2D eigenvalue weighted by atomic mass is 10.2. The molecule has 1 aromatic carbocycles. The van der Waals surface area contributed by atoms with Gasteiger partial charge in [-0.25, -0.2) is 27.2 Å². The third-order valence-electron chi connectivity index (χ3n) is 4.78. The Bertz CT molecular complexity index is 1300. The molecule has 0 fully saturated rings. The van der Waals surface area contributed by atoms with Gasteiger partial charge in [-0.3, -0.25) is 4.79 Å². The molecule has 0 bridgehead atoms. The van der Waals surface area contributed by atoms with E-state index in [-0.39, 0.29) is 16.1 Å². The summed E-state index contributed by atoms with van der Waals surface area (Å²) in [7, 11) is -0.812. The van der Waals surface area contributed by atoms with Crippen LogP contribution in [-0.4, -0.2) is 60.1 Å². The second-order valence-electron chi connectivity index (χ2n) is 7.64. The van der Waals surface area contributed by atoms with Gasteiger partial charge >= 0.3 is 5.97 Å². The summed E-state index contributed by atoms with van der Waals surface area (Å²) in [4.78, 5) is 28.8. The number of anilines is 1. The summed E-state index contributed by atoms with van der Waals surface area (Å²) in [5.74, 6) is -0.761. The molecule has 2 heterocycles. The van der Waals surface area contributed by atoms with Gasteiger partial charge in [0, 0.05) is 31.7 Å². The number of benzene rings is 1. The molecule has 2 aromatic heterocycles. The number of nitrogens with zero attached hydrogens (tertiary/aromatic N) is 4. The molecule has 11 heteroatoms. The zero-order valence-electron chi connectivity index (χ0n) is 19.0. The Labute approximate surface area is 192 Å². The lowest BCUT2D eigenvalue weighted by Gasteiger charge is -2.15. The molecule has 0 spiro atoms. The van der Waals surface area contributed by atoms with Crippen molar-refractivity contribution in [3.05, 3.63) is 65.1 Å². The minimum atomic E-state index is -3.67. The number of nitrogens with one attached hydrogen (secondary N) is 1. The summed E-state index contributed by atoms with van der Waals surface area (Å²) in [5, 5.41) is 6.88. The summed E-state index contributed by atoms with van der Waals surface area (Å²) in [6, 6.07) is 9.62. The maximum Gasteiger partial charge on any atom is 0.340 e. The average molecular weight is 472 g/mol. The number of carbonyl (C=O) groups is 2. The Morgan fingerprint density at radius 2 is 1.82 bits per heavy atom.